The molecular weight excluding hydrogens is 228 g/mol. The van der Waals surface area contributed by atoms with E-state index in [0.29, 0.717) is 13.0 Å². The van der Waals surface area contributed by atoms with Crippen molar-refractivity contribution in [2.75, 3.05) is 6.61 Å². The third-order valence-corrected chi connectivity index (χ3v) is 3.59. The standard InChI is InChI=1S/C15H26O3/c1-6-7-8-9-12(16)14(2,3)13-10-11-17-15(4,5)18-13/h6,13H,1,7-11H2,2-5H3/t13-/m0/s1. The lowest BCUT2D eigenvalue weighted by atomic mass is 9.78. The molecule has 1 rings (SSSR count). The van der Waals surface area contributed by atoms with Crippen molar-refractivity contribution in [3.63, 3.8) is 0 Å². The topological polar surface area (TPSA) is 35.5 Å². The second kappa shape index (κ2) is 5.98. The SMILES string of the molecule is C=CCCCC(=O)C(C)(C)[C@@H]1CCOC(C)(C)O1. The lowest BCUT2D eigenvalue weighted by Gasteiger charge is -2.42. The average Bonchev–Trinajstić information content (AvgIpc) is 2.27. The molecule has 0 unspecified atom stereocenters. The summed E-state index contributed by atoms with van der Waals surface area (Å²) < 4.78 is 11.4. The van der Waals surface area contributed by atoms with Crippen LogP contribution < -0.4 is 0 Å². The fourth-order valence-electron chi connectivity index (χ4n) is 2.26. The van der Waals surface area contributed by atoms with E-state index in [2.05, 4.69) is 6.58 Å². The van der Waals surface area contributed by atoms with E-state index in [1.165, 1.54) is 0 Å². The largest absolute Gasteiger partial charge is 0.350 e. The van der Waals surface area contributed by atoms with E-state index in [1.54, 1.807) is 0 Å². The highest BCUT2D eigenvalue weighted by molar-refractivity contribution is 5.84. The number of hydrogen-bond acceptors (Lipinski definition) is 3. The number of ketones is 1. The molecule has 1 saturated heterocycles. The van der Waals surface area contributed by atoms with Crippen LogP contribution in [0.4, 0.5) is 0 Å². The van der Waals surface area contributed by atoms with Crippen LogP contribution >= 0.6 is 0 Å². The Labute approximate surface area is 111 Å². The van der Waals surface area contributed by atoms with Gasteiger partial charge in [-0.2, -0.15) is 0 Å². The molecule has 1 atom stereocenters. The van der Waals surface area contributed by atoms with E-state index in [-0.39, 0.29) is 11.9 Å². The molecule has 0 N–H and O–H groups in total. The third-order valence-electron chi connectivity index (χ3n) is 3.59. The molecule has 0 saturated carbocycles. The Kier molecular flexibility index (Phi) is 5.11. The van der Waals surface area contributed by atoms with Crippen molar-refractivity contribution >= 4 is 5.78 Å². The predicted molar refractivity (Wildman–Crippen MR) is 72.4 cm³/mol. The normalized spacial score (nSPS) is 23.7. The summed E-state index contributed by atoms with van der Waals surface area (Å²) in [6, 6.07) is 0. The highest BCUT2D eigenvalue weighted by atomic mass is 16.7. The molecule has 0 aromatic rings. The van der Waals surface area contributed by atoms with Crippen LogP contribution in [0.3, 0.4) is 0 Å². The summed E-state index contributed by atoms with van der Waals surface area (Å²) in [5, 5.41) is 0. The Morgan fingerprint density at radius 3 is 2.72 bits per heavy atom. The molecule has 3 heteroatoms. The summed E-state index contributed by atoms with van der Waals surface area (Å²) in [7, 11) is 0. The first kappa shape index (κ1) is 15.4. The highest BCUT2D eigenvalue weighted by Crippen LogP contribution is 2.35. The number of rotatable bonds is 6. The molecule has 1 aliphatic heterocycles. The minimum Gasteiger partial charge on any atom is -0.350 e. The van der Waals surface area contributed by atoms with Crippen LogP contribution in [0.25, 0.3) is 0 Å². The maximum Gasteiger partial charge on any atom is 0.163 e. The number of ether oxygens (including phenoxy) is 2. The number of carbonyl (C=O) groups excluding carboxylic acids is 1. The van der Waals surface area contributed by atoms with E-state index in [1.807, 2.05) is 33.8 Å². The van der Waals surface area contributed by atoms with Gasteiger partial charge < -0.3 is 9.47 Å². The highest BCUT2D eigenvalue weighted by Gasteiger charge is 2.42. The average molecular weight is 254 g/mol. The maximum atomic E-state index is 12.3. The van der Waals surface area contributed by atoms with Gasteiger partial charge in [0.25, 0.3) is 0 Å². The second-order valence-corrected chi connectivity index (χ2v) is 5.97. The minimum atomic E-state index is -0.582. The third kappa shape index (κ3) is 3.92. The van der Waals surface area contributed by atoms with Gasteiger partial charge in [-0.3, -0.25) is 4.79 Å². The van der Waals surface area contributed by atoms with Gasteiger partial charge in [-0.05, 0) is 33.1 Å². The number of unbranched alkanes of at least 4 members (excludes halogenated alkanes) is 1. The Balaban J connectivity index is 2.61. The summed E-state index contributed by atoms with van der Waals surface area (Å²) >= 11 is 0. The lowest BCUT2D eigenvalue weighted by molar-refractivity contribution is -0.288. The molecule has 0 radical (unpaired) electrons. The summed E-state index contributed by atoms with van der Waals surface area (Å²) in [4.78, 5) is 12.3. The molecule has 104 valence electrons. The van der Waals surface area contributed by atoms with E-state index >= 15 is 0 Å². The summed E-state index contributed by atoms with van der Waals surface area (Å²) in [6.07, 6.45) is 4.94. The fourth-order valence-corrected chi connectivity index (χ4v) is 2.26. The van der Waals surface area contributed by atoms with Gasteiger partial charge in [-0.15, -0.1) is 6.58 Å². The molecule has 1 heterocycles. The van der Waals surface area contributed by atoms with Crippen LogP contribution in [0.1, 0.15) is 53.4 Å². The van der Waals surface area contributed by atoms with Crippen LogP contribution in [-0.4, -0.2) is 24.3 Å². The smallest absolute Gasteiger partial charge is 0.163 e. The van der Waals surface area contributed by atoms with Crippen molar-refractivity contribution in [3.05, 3.63) is 12.7 Å². The molecule has 0 amide bonds. The lowest BCUT2D eigenvalue weighted by Crippen LogP contribution is -2.49. The van der Waals surface area contributed by atoms with Gasteiger partial charge in [-0.25, -0.2) is 0 Å². The Morgan fingerprint density at radius 1 is 1.50 bits per heavy atom. The van der Waals surface area contributed by atoms with E-state index in [4.69, 9.17) is 9.47 Å². The number of Topliss-reactive ketones (excluding diaryl/α,β-unsaturated/α-hetero) is 1. The molecular formula is C15H26O3. The van der Waals surface area contributed by atoms with Gasteiger partial charge in [-0.1, -0.05) is 19.9 Å². The van der Waals surface area contributed by atoms with Gasteiger partial charge >= 0.3 is 0 Å². The Hall–Kier alpha value is -0.670. The first-order valence-electron chi connectivity index (χ1n) is 6.75. The predicted octanol–water partition coefficient (Wildman–Crippen LogP) is 3.48. The molecule has 18 heavy (non-hydrogen) atoms. The molecule has 1 aliphatic rings. The quantitative estimate of drug-likeness (QED) is 0.538. The van der Waals surface area contributed by atoms with E-state index < -0.39 is 11.2 Å². The van der Waals surface area contributed by atoms with Crippen LogP contribution in [0.2, 0.25) is 0 Å². The first-order chi connectivity index (χ1) is 8.29. The van der Waals surface area contributed by atoms with Crippen LogP contribution in [0, 0.1) is 5.41 Å². The van der Waals surface area contributed by atoms with Crippen molar-refractivity contribution in [1.82, 2.24) is 0 Å². The molecule has 3 nitrogen and oxygen atoms in total. The Morgan fingerprint density at radius 2 is 2.17 bits per heavy atom. The fraction of sp³-hybridized carbons (Fsp3) is 0.800. The van der Waals surface area contributed by atoms with Crippen LogP contribution in [-0.2, 0) is 14.3 Å². The number of carbonyl (C=O) groups is 1. The summed E-state index contributed by atoms with van der Waals surface area (Å²) in [5.74, 6) is -0.311. The van der Waals surface area contributed by atoms with Gasteiger partial charge in [0.15, 0.2) is 5.79 Å². The summed E-state index contributed by atoms with van der Waals surface area (Å²) in [6.45, 7) is 12.1. The van der Waals surface area contributed by atoms with Crippen LogP contribution in [0.5, 0.6) is 0 Å². The molecule has 0 aromatic heterocycles. The van der Waals surface area contributed by atoms with Gasteiger partial charge in [0.05, 0.1) is 12.7 Å². The van der Waals surface area contributed by atoms with Crippen molar-refractivity contribution < 1.29 is 14.3 Å². The van der Waals surface area contributed by atoms with Crippen molar-refractivity contribution in [3.8, 4) is 0 Å². The zero-order chi connectivity index (χ0) is 13.8. The van der Waals surface area contributed by atoms with E-state index in [9.17, 15) is 4.79 Å². The molecule has 0 aliphatic carbocycles. The van der Waals surface area contributed by atoms with E-state index in [0.717, 1.165) is 19.3 Å². The Bertz CT molecular complexity index is 305. The van der Waals surface area contributed by atoms with Gasteiger partial charge in [0.2, 0.25) is 0 Å². The maximum absolute atomic E-state index is 12.3. The van der Waals surface area contributed by atoms with Crippen molar-refractivity contribution in [2.24, 2.45) is 5.41 Å². The van der Waals surface area contributed by atoms with Crippen LogP contribution in [0.15, 0.2) is 12.7 Å². The van der Waals surface area contributed by atoms with Crippen molar-refractivity contribution in [1.29, 1.82) is 0 Å². The first-order valence-corrected chi connectivity index (χ1v) is 6.75. The van der Waals surface area contributed by atoms with Gasteiger partial charge in [0.1, 0.15) is 5.78 Å². The molecule has 0 spiro atoms. The number of hydrogen-bond donors (Lipinski definition) is 0. The van der Waals surface area contributed by atoms with Gasteiger partial charge in [0, 0.05) is 11.8 Å². The van der Waals surface area contributed by atoms with Crippen molar-refractivity contribution in [2.45, 2.75) is 65.3 Å². The minimum absolute atomic E-state index is 0.0579. The summed E-state index contributed by atoms with van der Waals surface area (Å²) in [5.41, 5.74) is -0.442. The molecule has 0 aromatic carbocycles. The zero-order valence-corrected chi connectivity index (χ0v) is 12.1. The second-order valence-electron chi connectivity index (χ2n) is 5.97. The monoisotopic (exact) mass is 254 g/mol. The molecule has 0 bridgehead atoms. The zero-order valence-electron chi connectivity index (χ0n) is 12.1. The molecule has 1 fully saturated rings. The number of allylic oxidation sites excluding steroid dienone is 1.